The zero-order valence-corrected chi connectivity index (χ0v) is 13.3. The summed E-state index contributed by atoms with van der Waals surface area (Å²) in [7, 11) is 1.59. The molecule has 0 saturated carbocycles. The van der Waals surface area contributed by atoms with Crippen LogP contribution in [-0.2, 0) is 6.42 Å². The number of amides is 2. The highest BCUT2D eigenvalue weighted by Gasteiger charge is 2.02. The van der Waals surface area contributed by atoms with Crippen molar-refractivity contribution in [3.63, 3.8) is 0 Å². The lowest BCUT2D eigenvalue weighted by atomic mass is 10.1. The number of hydrogen-bond acceptors (Lipinski definition) is 2. The third-order valence-corrected chi connectivity index (χ3v) is 3.41. The van der Waals surface area contributed by atoms with Gasteiger partial charge in [-0.1, -0.05) is 34.1 Å². The number of halogens is 1. The van der Waals surface area contributed by atoms with Crippen molar-refractivity contribution >= 4 is 27.6 Å². The summed E-state index contributed by atoms with van der Waals surface area (Å²) in [6.07, 6.45) is 0.783. The molecule has 2 amide bonds. The Morgan fingerprint density at radius 1 is 1.19 bits per heavy atom. The molecule has 110 valence electrons. The summed E-state index contributed by atoms with van der Waals surface area (Å²) in [6.45, 7) is 0.576. The highest BCUT2D eigenvalue weighted by molar-refractivity contribution is 9.10. The second-order valence-electron chi connectivity index (χ2n) is 4.49. The van der Waals surface area contributed by atoms with E-state index in [9.17, 15) is 4.79 Å². The zero-order chi connectivity index (χ0) is 15.1. The fourth-order valence-corrected chi connectivity index (χ4v) is 2.34. The van der Waals surface area contributed by atoms with Crippen molar-refractivity contribution in [3.05, 3.63) is 58.6 Å². The molecule has 5 heteroatoms. The Morgan fingerprint density at radius 2 is 2.00 bits per heavy atom. The van der Waals surface area contributed by atoms with E-state index in [1.807, 2.05) is 42.5 Å². The van der Waals surface area contributed by atoms with Gasteiger partial charge < -0.3 is 15.4 Å². The lowest BCUT2D eigenvalue weighted by molar-refractivity contribution is 0.252. The van der Waals surface area contributed by atoms with Crippen LogP contribution in [0.4, 0.5) is 10.5 Å². The van der Waals surface area contributed by atoms with Gasteiger partial charge in [0.15, 0.2) is 0 Å². The molecule has 21 heavy (non-hydrogen) atoms. The number of rotatable bonds is 5. The number of hydrogen-bond donors (Lipinski definition) is 2. The molecule has 0 aliphatic rings. The minimum Gasteiger partial charge on any atom is -0.497 e. The number of carbonyl (C=O) groups is 1. The van der Waals surface area contributed by atoms with Crippen LogP contribution in [0.3, 0.4) is 0 Å². The predicted molar refractivity (Wildman–Crippen MR) is 87.9 cm³/mol. The van der Waals surface area contributed by atoms with Gasteiger partial charge in [-0.15, -0.1) is 0 Å². The number of benzene rings is 2. The molecule has 0 radical (unpaired) electrons. The first-order valence-electron chi connectivity index (χ1n) is 6.61. The molecule has 0 aliphatic heterocycles. The van der Waals surface area contributed by atoms with Crippen molar-refractivity contribution in [1.82, 2.24) is 5.32 Å². The molecule has 0 aromatic heterocycles. The SMILES string of the molecule is COc1cccc(NC(=O)NCCc2cccc(Br)c2)c1. The summed E-state index contributed by atoms with van der Waals surface area (Å²) in [5, 5.41) is 5.61. The van der Waals surface area contributed by atoms with Crippen LogP contribution in [0.5, 0.6) is 5.75 Å². The molecule has 2 aromatic carbocycles. The molecule has 4 nitrogen and oxygen atoms in total. The number of ether oxygens (including phenoxy) is 1. The molecule has 0 saturated heterocycles. The Balaban J connectivity index is 1.79. The third kappa shape index (κ3) is 5.11. The minimum absolute atomic E-state index is 0.224. The second kappa shape index (κ2) is 7.69. The van der Waals surface area contributed by atoms with Crippen LogP contribution in [0.1, 0.15) is 5.56 Å². The first kappa shape index (κ1) is 15.4. The summed E-state index contributed by atoms with van der Waals surface area (Å²) >= 11 is 3.43. The first-order valence-corrected chi connectivity index (χ1v) is 7.40. The van der Waals surface area contributed by atoms with Crippen LogP contribution in [0.15, 0.2) is 53.0 Å². The van der Waals surface area contributed by atoms with E-state index in [4.69, 9.17) is 4.74 Å². The molecule has 2 aromatic rings. The Bertz CT molecular complexity index is 617. The molecule has 2 N–H and O–H groups in total. The van der Waals surface area contributed by atoms with Crippen molar-refractivity contribution in [1.29, 1.82) is 0 Å². The average molecular weight is 349 g/mol. The standard InChI is InChI=1S/C16H17BrN2O2/c1-21-15-7-3-6-14(11-15)19-16(20)18-9-8-12-4-2-5-13(17)10-12/h2-7,10-11H,8-9H2,1H3,(H2,18,19,20). The van der Waals surface area contributed by atoms with E-state index in [0.717, 1.165) is 10.9 Å². The van der Waals surface area contributed by atoms with Crippen molar-refractivity contribution in [2.75, 3.05) is 19.0 Å². The maximum atomic E-state index is 11.8. The van der Waals surface area contributed by atoms with E-state index < -0.39 is 0 Å². The highest BCUT2D eigenvalue weighted by atomic mass is 79.9. The molecule has 0 heterocycles. The Morgan fingerprint density at radius 3 is 2.76 bits per heavy atom. The topological polar surface area (TPSA) is 50.4 Å². The third-order valence-electron chi connectivity index (χ3n) is 2.92. The highest BCUT2D eigenvalue weighted by Crippen LogP contribution is 2.16. The van der Waals surface area contributed by atoms with Crippen molar-refractivity contribution in [2.24, 2.45) is 0 Å². The van der Waals surface area contributed by atoms with E-state index in [1.54, 1.807) is 13.2 Å². The molecule has 0 atom stereocenters. The molecule has 0 bridgehead atoms. The van der Waals surface area contributed by atoms with Gasteiger partial charge >= 0.3 is 6.03 Å². The zero-order valence-electron chi connectivity index (χ0n) is 11.7. The van der Waals surface area contributed by atoms with Crippen molar-refractivity contribution in [2.45, 2.75) is 6.42 Å². The van der Waals surface area contributed by atoms with E-state index in [-0.39, 0.29) is 6.03 Å². The van der Waals surface area contributed by atoms with Gasteiger partial charge in [-0.05, 0) is 36.2 Å². The molecule has 0 spiro atoms. The normalized spacial score (nSPS) is 10.0. The van der Waals surface area contributed by atoms with Crippen LogP contribution in [0.2, 0.25) is 0 Å². The summed E-state index contributed by atoms with van der Waals surface area (Å²) in [5.74, 6) is 0.710. The average Bonchev–Trinajstić information content (AvgIpc) is 2.47. The Hall–Kier alpha value is -2.01. The molecular weight excluding hydrogens is 332 g/mol. The van der Waals surface area contributed by atoms with Crippen LogP contribution < -0.4 is 15.4 Å². The fraction of sp³-hybridized carbons (Fsp3) is 0.188. The Kier molecular flexibility index (Phi) is 5.63. The number of nitrogens with one attached hydrogen (secondary N) is 2. The summed E-state index contributed by atoms with van der Waals surface area (Å²) in [6, 6.07) is 15.1. The van der Waals surface area contributed by atoms with E-state index >= 15 is 0 Å². The van der Waals surface area contributed by atoms with Gasteiger partial charge in [0.1, 0.15) is 5.75 Å². The number of carbonyl (C=O) groups excluding carboxylic acids is 1. The Labute approximate surface area is 132 Å². The lowest BCUT2D eigenvalue weighted by Gasteiger charge is -2.09. The van der Waals surface area contributed by atoms with Gasteiger partial charge in [0.25, 0.3) is 0 Å². The molecule has 0 aliphatic carbocycles. The monoisotopic (exact) mass is 348 g/mol. The van der Waals surface area contributed by atoms with Gasteiger partial charge in [-0.25, -0.2) is 4.79 Å². The van der Waals surface area contributed by atoms with Crippen molar-refractivity contribution < 1.29 is 9.53 Å². The van der Waals surface area contributed by atoms with Crippen LogP contribution in [0, 0.1) is 0 Å². The van der Waals surface area contributed by atoms with Gasteiger partial charge in [-0.2, -0.15) is 0 Å². The first-order chi connectivity index (χ1) is 10.2. The summed E-state index contributed by atoms with van der Waals surface area (Å²) in [5.41, 5.74) is 1.88. The molecular formula is C16H17BrN2O2. The fourth-order valence-electron chi connectivity index (χ4n) is 1.89. The molecule has 0 fully saturated rings. The van der Waals surface area contributed by atoms with Gasteiger partial charge in [-0.3, -0.25) is 0 Å². The number of urea groups is 1. The molecule has 2 rings (SSSR count). The van der Waals surface area contributed by atoms with Gasteiger partial charge in [0, 0.05) is 22.8 Å². The smallest absolute Gasteiger partial charge is 0.319 e. The maximum Gasteiger partial charge on any atom is 0.319 e. The quantitative estimate of drug-likeness (QED) is 0.862. The number of methoxy groups -OCH3 is 1. The lowest BCUT2D eigenvalue weighted by Crippen LogP contribution is -2.30. The van der Waals surface area contributed by atoms with Crippen LogP contribution in [-0.4, -0.2) is 19.7 Å². The number of anilines is 1. The van der Waals surface area contributed by atoms with E-state index in [0.29, 0.717) is 18.0 Å². The van der Waals surface area contributed by atoms with Gasteiger partial charge in [0.2, 0.25) is 0 Å². The van der Waals surface area contributed by atoms with E-state index in [2.05, 4.69) is 26.6 Å². The second-order valence-corrected chi connectivity index (χ2v) is 5.41. The van der Waals surface area contributed by atoms with Crippen LogP contribution >= 0.6 is 15.9 Å². The van der Waals surface area contributed by atoms with E-state index in [1.165, 1.54) is 5.56 Å². The summed E-state index contributed by atoms with van der Waals surface area (Å²) < 4.78 is 6.15. The van der Waals surface area contributed by atoms with Gasteiger partial charge in [0.05, 0.1) is 7.11 Å². The predicted octanol–water partition coefficient (Wildman–Crippen LogP) is 3.82. The maximum absolute atomic E-state index is 11.8. The summed E-state index contributed by atoms with van der Waals surface area (Å²) in [4.78, 5) is 11.8. The van der Waals surface area contributed by atoms with Crippen LogP contribution in [0.25, 0.3) is 0 Å². The molecule has 0 unspecified atom stereocenters. The minimum atomic E-state index is -0.224. The largest absolute Gasteiger partial charge is 0.497 e. The van der Waals surface area contributed by atoms with Crippen molar-refractivity contribution in [3.8, 4) is 5.75 Å².